The number of aromatic nitrogens is 3. The molecule has 3 amide bonds. The van der Waals surface area contributed by atoms with Gasteiger partial charge in [-0.25, -0.2) is 19.0 Å². The highest BCUT2D eigenvalue weighted by Gasteiger charge is 2.21. The Kier molecular flexibility index (Phi) is 6.50. The molecule has 3 heterocycles. The highest BCUT2D eigenvalue weighted by atomic mass is 16.5. The fourth-order valence-electron chi connectivity index (χ4n) is 4.00. The van der Waals surface area contributed by atoms with E-state index in [1.807, 2.05) is 0 Å². The molecular formula is C25H20N6O8. The summed E-state index contributed by atoms with van der Waals surface area (Å²) in [6.45, 7) is 1.64. The summed E-state index contributed by atoms with van der Waals surface area (Å²) in [5, 5.41) is 20.7. The van der Waals surface area contributed by atoms with Crippen LogP contribution in [0.4, 0.5) is 5.69 Å². The van der Waals surface area contributed by atoms with Gasteiger partial charge in [0.05, 0.1) is 11.3 Å². The summed E-state index contributed by atoms with van der Waals surface area (Å²) in [4.78, 5) is 64.9. The van der Waals surface area contributed by atoms with Crippen LogP contribution in [0.25, 0.3) is 5.78 Å². The molecule has 1 aliphatic rings. The van der Waals surface area contributed by atoms with Crippen LogP contribution >= 0.6 is 0 Å². The van der Waals surface area contributed by atoms with Crippen LogP contribution in [0.1, 0.15) is 48.0 Å². The van der Waals surface area contributed by atoms with Crippen molar-refractivity contribution >= 4 is 35.2 Å². The van der Waals surface area contributed by atoms with Crippen LogP contribution in [-0.2, 0) is 17.9 Å². The molecule has 0 unspecified atom stereocenters. The lowest BCUT2D eigenvalue weighted by atomic mass is 10.1. The Morgan fingerprint density at radius 1 is 1.03 bits per heavy atom. The number of carbonyl (C=O) groups is 4. The summed E-state index contributed by atoms with van der Waals surface area (Å²) in [6.07, 6.45) is 0. The van der Waals surface area contributed by atoms with Gasteiger partial charge in [-0.05, 0) is 53.0 Å². The molecule has 0 spiro atoms. The highest BCUT2D eigenvalue weighted by Crippen LogP contribution is 2.28. The van der Waals surface area contributed by atoms with Crippen LogP contribution in [0.2, 0.25) is 0 Å². The van der Waals surface area contributed by atoms with E-state index in [0.29, 0.717) is 28.1 Å². The SMILES string of the molecule is Cc1cc(CNC(=O)c2cc(C(=O)NCc3ccc4c(c3)NC(=O)CO4)nc3noc(=O)n23)ccc1C(=O)O. The van der Waals surface area contributed by atoms with E-state index in [4.69, 9.17) is 4.74 Å². The quantitative estimate of drug-likeness (QED) is 0.265. The number of carboxylic acids is 1. The Hall–Kier alpha value is -5.53. The van der Waals surface area contributed by atoms with Crippen LogP contribution in [0, 0.1) is 6.92 Å². The van der Waals surface area contributed by atoms with Crippen molar-refractivity contribution in [2.75, 3.05) is 11.9 Å². The number of anilines is 1. The molecule has 14 nitrogen and oxygen atoms in total. The van der Waals surface area contributed by atoms with Gasteiger partial charge in [-0.1, -0.05) is 18.2 Å². The molecule has 4 N–H and O–H groups in total. The van der Waals surface area contributed by atoms with E-state index < -0.39 is 23.5 Å². The molecule has 14 heteroatoms. The lowest BCUT2D eigenvalue weighted by Crippen LogP contribution is -2.30. The van der Waals surface area contributed by atoms with Gasteiger partial charge in [0, 0.05) is 13.1 Å². The van der Waals surface area contributed by atoms with Gasteiger partial charge < -0.3 is 25.8 Å². The number of benzene rings is 2. The van der Waals surface area contributed by atoms with Crippen molar-refractivity contribution in [2.45, 2.75) is 20.0 Å². The maximum absolute atomic E-state index is 13.0. The van der Waals surface area contributed by atoms with Crippen LogP contribution in [-0.4, -0.2) is 49.9 Å². The van der Waals surface area contributed by atoms with E-state index in [1.54, 1.807) is 37.3 Å². The molecule has 0 atom stereocenters. The second-order valence-corrected chi connectivity index (χ2v) is 8.60. The van der Waals surface area contributed by atoms with Gasteiger partial charge in [0.15, 0.2) is 6.61 Å². The van der Waals surface area contributed by atoms with Crippen molar-refractivity contribution in [1.82, 2.24) is 25.2 Å². The van der Waals surface area contributed by atoms with Crippen molar-refractivity contribution in [2.24, 2.45) is 0 Å². The van der Waals surface area contributed by atoms with E-state index in [-0.39, 0.29) is 48.3 Å². The molecule has 198 valence electrons. The number of hydrogen-bond donors (Lipinski definition) is 4. The number of ether oxygens (including phenoxy) is 1. The Morgan fingerprint density at radius 3 is 2.49 bits per heavy atom. The average Bonchev–Trinajstić information content (AvgIpc) is 3.29. The molecule has 0 bridgehead atoms. The van der Waals surface area contributed by atoms with Crippen molar-refractivity contribution in [3.05, 3.63) is 86.7 Å². The number of carbonyl (C=O) groups excluding carboxylic acids is 3. The number of aryl methyl sites for hydroxylation is 1. The molecule has 4 aromatic rings. The molecule has 0 fully saturated rings. The van der Waals surface area contributed by atoms with E-state index in [2.05, 4.69) is 30.6 Å². The summed E-state index contributed by atoms with van der Waals surface area (Å²) in [6, 6.07) is 10.8. The van der Waals surface area contributed by atoms with E-state index in [1.165, 1.54) is 6.07 Å². The van der Waals surface area contributed by atoms with Gasteiger partial charge in [-0.3, -0.25) is 18.9 Å². The molecule has 5 rings (SSSR count). The van der Waals surface area contributed by atoms with Crippen molar-refractivity contribution in [1.29, 1.82) is 0 Å². The van der Waals surface area contributed by atoms with Gasteiger partial charge in [0.25, 0.3) is 23.5 Å². The minimum absolute atomic E-state index is 0.0174. The molecule has 2 aromatic carbocycles. The van der Waals surface area contributed by atoms with Crippen LogP contribution in [0.3, 0.4) is 0 Å². The first kappa shape index (κ1) is 25.1. The average molecular weight is 532 g/mol. The van der Waals surface area contributed by atoms with E-state index >= 15 is 0 Å². The summed E-state index contributed by atoms with van der Waals surface area (Å²) < 4.78 is 10.8. The third kappa shape index (κ3) is 5.16. The van der Waals surface area contributed by atoms with Crippen molar-refractivity contribution < 1.29 is 33.5 Å². The van der Waals surface area contributed by atoms with E-state index in [9.17, 15) is 29.1 Å². The molecule has 0 saturated carbocycles. The fraction of sp³-hybridized carbons (Fsp3) is 0.160. The fourth-order valence-corrected chi connectivity index (χ4v) is 4.00. The van der Waals surface area contributed by atoms with Gasteiger partial charge in [0.2, 0.25) is 0 Å². The zero-order valence-electron chi connectivity index (χ0n) is 20.3. The molecule has 0 radical (unpaired) electrons. The van der Waals surface area contributed by atoms with Crippen LogP contribution in [0.15, 0.2) is 51.8 Å². The minimum atomic E-state index is -1.06. The number of amides is 3. The lowest BCUT2D eigenvalue weighted by molar-refractivity contribution is -0.118. The second kappa shape index (κ2) is 10.1. The Balaban J connectivity index is 1.33. The first-order valence-electron chi connectivity index (χ1n) is 11.5. The van der Waals surface area contributed by atoms with Gasteiger partial charge in [-0.15, -0.1) is 0 Å². The molecule has 0 saturated heterocycles. The lowest BCUT2D eigenvalue weighted by Gasteiger charge is -2.18. The van der Waals surface area contributed by atoms with Crippen LogP contribution in [0.5, 0.6) is 5.75 Å². The summed E-state index contributed by atoms with van der Waals surface area (Å²) >= 11 is 0. The highest BCUT2D eigenvalue weighted by molar-refractivity contribution is 5.98. The third-order valence-corrected chi connectivity index (χ3v) is 5.89. The first-order valence-corrected chi connectivity index (χ1v) is 11.5. The molecule has 1 aliphatic heterocycles. The maximum Gasteiger partial charge on any atom is 0.448 e. The minimum Gasteiger partial charge on any atom is -0.482 e. The number of hydrogen-bond acceptors (Lipinski definition) is 9. The Morgan fingerprint density at radius 2 is 1.74 bits per heavy atom. The first-order chi connectivity index (χ1) is 18.7. The smallest absolute Gasteiger partial charge is 0.448 e. The maximum atomic E-state index is 13.0. The van der Waals surface area contributed by atoms with Gasteiger partial charge in [0.1, 0.15) is 17.1 Å². The molecule has 0 aliphatic carbocycles. The number of carboxylic acid groups (broad SMARTS) is 1. The Bertz CT molecular complexity index is 1720. The molecule has 39 heavy (non-hydrogen) atoms. The number of rotatable bonds is 7. The number of nitrogens with one attached hydrogen (secondary N) is 3. The zero-order valence-corrected chi connectivity index (χ0v) is 20.3. The molecular weight excluding hydrogens is 512 g/mol. The van der Waals surface area contributed by atoms with Crippen LogP contribution < -0.4 is 26.4 Å². The topological polar surface area (TPSA) is 194 Å². The summed E-state index contributed by atoms with van der Waals surface area (Å²) in [7, 11) is 0. The zero-order chi connectivity index (χ0) is 27.7. The normalized spacial score (nSPS) is 12.3. The predicted molar refractivity (Wildman–Crippen MR) is 133 cm³/mol. The summed E-state index contributed by atoms with van der Waals surface area (Å²) in [5.74, 6) is -3.46. The van der Waals surface area contributed by atoms with Gasteiger partial charge >= 0.3 is 11.7 Å². The Labute approximate surface area is 218 Å². The van der Waals surface area contributed by atoms with E-state index in [0.717, 1.165) is 10.5 Å². The summed E-state index contributed by atoms with van der Waals surface area (Å²) in [5.41, 5.74) is 2.00. The van der Waals surface area contributed by atoms with Gasteiger partial charge in [-0.2, -0.15) is 0 Å². The van der Waals surface area contributed by atoms with Crippen molar-refractivity contribution in [3.8, 4) is 5.75 Å². The standard InChI is InChI=1S/C25H20N6O8/c1-12-6-13(2-4-15(12)23(35)36)9-27-22(34)18-8-17(29-24-30-39-25(37)31(18)24)21(33)26-10-14-3-5-19-16(7-14)28-20(32)11-38-19/h2-8H,9-11H2,1H3,(H,26,33)(H,27,34)(H,28,32)(H,35,36). The third-order valence-electron chi connectivity index (χ3n) is 5.89. The largest absolute Gasteiger partial charge is 0.482 e. The number of aromatic carboxylic acids is 1. The molecule has 2 aromatic heterocycles. The second-order valence-electron chi connectivity index (χ2n) is 8.60. The van der Waals surface area contributed by atoms with Crippen molar-refractivity contribution in [3.63, 3.8) is 0 Å². The number of fused-ring (bicyclic) bond motifs is 2. The predicted octanol–water partition coefficient (Wildman–Crippen LogP) is 0.880. The number of nitrogens with zero attached hydrogens (tertiary/aromatic N) is 3. The monoisotopic (exact) mass is 532 g/mol.